The van der Waals surface area contributed by atoms with Crippen LogP contribution in [-0.4, -0.2) is 7.05 Å². The lowest BCUT2D eigenvalue weighted by Crippen LogP contribution is -2.16. The van der Waals surface area contributed by atoms with Crippen LogP contribution in [0.4, 0.5) is 0 Å². The van der Waals surface area contributed by atoms with Crippen molar-refractivity contribution in [3.05, 3.63) is 56.3 Å². The highest BCUT2D eigenvalue weighted by Crippen LogP contribution is 2.36. The molecule has 0 radical (unpaired) electrons. The van der Waals surface area contributed by atoms with Gasteiger partial charge in [0, 0.05) is 9.75 Å². The monoisotopic (exact) mass is 297 g/mol. The first-order valence-electron chi connectivity index (χ1n) is 8.25. The number of rotatable bonds is 3. The Hall–Kier alpha value is -1.12. The topological polar surface area (TPSA) is 12.0 Å². The predicted molar refractivity (Wildman–Crippen MR) is 90.3 cm³/mol. The van der Waals surface area contributed by atoms with E-state index in [1.54, 1.807) is 21.6 Å². The SMILES string of the molecule is CNC(c1ccc2c(c1)CCC2)c1cc2c(s1)CCCC2. The lowest BCUT2D eigenvalue weighted by Gasteiger charge is -2.16. The molecule has 2 aliphatic carbocycles. The van der Waals surface area contributed by atoms with Crippen LogP contribution in [0.1, 0.15) is 57.3 Å². The van der Waals surface area contributed by atoms with E-state index in [1.165, 1.54) is 55.4 Å². The Morgan fingerprint density at radius 1 is 0.905 bits per heavy atom. The summed E-state index contributed by atoms with van der Waals surface area (Å²) in [7, 11) is 2.09. The third-order valence-electron chi connectivity index (χ3n) is 5.04. The smallest absolute Gasteiger partial charge is 0.0668 e. The molecule has 21 heavy (non-hydrogen) atoms. The number of fused-ring (bicyclic) bond motifs is 2. The Morgan fingerprint density at radius 3 is 2.57 bits per heavy atom. The van der Waals surface area contributed by atoms with E-state index < -0.39 is 0 Å². The van der Waals surface area contributed by atoms with Gasteiger partial charge in [-0.3, -0.25) is 0 Å². The van der Waals surface area contributed by atoms with Crippen LogP contribution in [-0.2, 0) is 25.7 Å². The zero-order chi connectivity index (χ0) is 14.2. The van der Waals surface area contributed by atoms with Gasteiger partial charge in [-0.2, -0.15) is 0 Å². The van der Waals surface area contributed by atoms with Gasteiger partial charge in [-0.05, 0) is 80.3 Å². The number of benzene rings is 1. The third-order valence-corrected chi connectivity index (χ3v) is 6.35. The van der Waals surface area contributed by atoms with Crippen molar-refractivity contribution in [2.45, 2.75) is 51.0 Å². The minimum Gasteiger partial charge on any atom is -0.309 e. The van der Waals surface area contributed by atoms with E-state index in [2.05, 4.69) is 36.6 Å². The van der Waals surface area contributed by atoms with E-state index in [4.69, 9.17) is 0 Å². The minimum atomic E-state index is 0.367. The molecule has 1 unspecified atom stereocenters. The van der Waals surface area contributed by atoms with Crippen LogP contribution in [0.3, 0.4) is 0 Å². The Labute approximate surface area is 131 Å². The standard InChI is InChI=1S/C19H23NS/c1-20-19(16-10-9-13-6-4-7-14(13)11-16)18-12-15-5-2-3-8-17(15)21-18/h9-12,19-20H,2-8H2,1H3. The molecule has 1 atom stereocenters. The summed E-state index contributed by atoms with van der Waals surface area (Å²) in [6, 6.07) is 9.97. The van der Waals surface area contributed by atoms with Crippen LogP contribution < -0.4 is 5.32 Å². The first-order valence-corrected chi connectivity index (χ1v) is 9.07. The van der Waals surface area contributed by atoms with Gasteiger partial charge in [0.15, 0.2) is 0 Å². The number of nitrogens with one attached hydrogen (secondary N) is 1. The maximum Gasteiger partial charge on any atom is 0.0668 e. The molecule has 1 aromatic carbocycles. The van der Waals surface area contributed by atoms with E-state index in [-0.39, 0.29) is 0 Å². The summed E-state index contributed by atoms with van der Waals surface area (Å²) in [5.41, 5.74) is 6.20. The van der Waals surface area contributed by atoms with Gasteiger partial charge in [-0.15, -0.1) is 11.3 Å². The van der Waals surface area contributed by atoms with E-state index in [1.807, 2.05) is 11.3 Å². The van der Waals surface area contributed by atoms with Gasteiger partial charge < -0.3 is 5.32 Å². The van der Waals surface area contributed by atoms with E-state index in [0.29, 0.717) is 6.04 Å². The average Bonchev–Trinajstić information content (AvgIpc) is 3.13. The second kappa shape index (κ2) is 5.58. The molecule has 1 nitrogen and oxygen atoms in total. The van der Waals surface area contributed by atoms with Crippen molar-refractivity contribution >= 4 is 11.3 Å². The van der Waals surface area contributed by atoms with Crippen LogP contribution in [0.2, 0.25) is 0 Å². The molecule has 2 aliphatic rings. The van der Waals surface area contributed by atoms with Crippen LogP contribution in [0.25, 0.3) is 0 Å². The first kappa shape index (κ1) is 13.5. The molecular formula is C19H23NS. The highest BCUT2D eigenvalue weighted by Gasteiger charge is 2.21. The van der Waals surface area contributed by atoms with Gasteiger partial charge in [0.25, 0.3) is 0 Å². The maximum atomic E-state index is 3.55. The van der Waals surface area contributed by atoms with Crippen LogP contribution >= 0.6 is 11.3 Å². The van der Waals surface area contributed by atoms with Crippen LogP contribution in [0.15, 0.2) is 24.3 Å². The van der Waals surface area contributed by atoms with Crippen LogP contribution in [0, 0.1) is 0 Å². The fourth-order valence-electron chi connectivity index (χ4n) is 3.90. The molecule has 0 amide bonds. The molecule has 1 N–H and O–H groups in total. The fourth-order valence-corrected chi connectivity index (χ4v) is 5.30. The van der Waals surface area contributed by atoms with E-state index >= 15 is 0 Å². The second-order valence-corrected chi connectivity index (χ2v) is 7.58. The van der Waals surface area contributed by atoms with E-state index in [9.17, 15) is 0 Å². The molecule has 2 heteroatoms. The molecule has 0 saturated heterocycles. The Bertz CT molecular complexity index is 632. The Morgan fingerprint density at radius 2 is 1.71 bits per heavy atom. The molecule has 1 aromatic heterocycles. The van der Waals surface area contributed by atoms with Gasteiger partial charge >= 0.3 is 0 Å². The summed E-state index contributed by atoms with van der Waals surface area (Å²) >= 11 is 2.03. The van der Waals surface area contributed by atoms with Crippen LogP contribution in [0.5, 0.6) is 0 Å². The fraction of sp³-hybridized carbons (Fsp3) is 0.474. The summed E-state index contributed by atoms with van der Waals surface area (Å²) in [6.45, 7) is 0. The average molecular weight is 297 g/mol. The van der Waals surface area contributed by atoms with Crippen molar-refractivity contribution in [1.82, 2.24) is 5.32 Å². The summed E-state index contributed by atoms with van der Waals surface area (Å²) < 4.78 is 0. The normalized spacial score (nSPS) is 18.3. The zero-order valence-corrected chi connectivity index (χ0v) is 13.6. The van der Waals surface area contributed by atoms with Gasteiger partial charge in [0.2, 0.25) is 0 Å². The summed E-state index contributed by atoms with van der Waals surface area (Å²) in [5.74, 6) is 0. The van der Waals surface area contributed by atoms with E-state index in [0.717, 1.165) is 0 Å². The number of aryl methyl sites for hydroxylation is 4. The largest absolute Gasteiger partial charge is 0.309 e. The number of hydrogen-bond donors (Lipinski definition) is 1. The molecular weight excluding hydrogens is 274 g/mol. The number of thiophene rings is 1. The molecule has 110 valence electrons. The molecule has 0 spiro atoms. The van der Waals surface area contributed by atoms with Crippen molar-refractivity contribution in [1.29, 1.82) is 0 Å². The second-order valence-electron chi connectivity index (χ2n) is 6.41. The highest BCUT2D eigenvalue weighted by molar-refractivity contribution is 7.12. The maximum absolute atomic E-state index is 3.55. The molecule has 1 heterocycles. The molecule has 0 aliphatic heterocycles. The van der Waals surface area contributed by atoms with Gasteiger partial charge in [0.05, 0.1) is 6.04 Å². The quantitative estimate of drug-likeness (QED) is 0.884. The van der Waals surface area contributed by atoms with Crippen molar-refractivity contribution in [3.63, 3.8) is 0 Å². The summed E-state index contributed by atoms with van der Waals surface area (Å²) in [5, 5.41) is 3.55. The Balaban J connectivity index is 1.69. The Kier molecular flexibility index (Phi) is 3.60. The molecule has 2 aromatic rings. The van der Waals surface area contributed by atoms with Crippen molar-refractivity contribution in [2.75, 3.05) is 7.05 Å². The summed E-state index contributed by atoms with van der Waals surface area (Å²) in [6.07, 6.45) is 9.18. The molecule has 4 rings (SSSR count). The molecule has 0 bridgehead atoms. The lowest BCUT2D eigenvalue weighted by molar-refractivity contribution is 0.691. The predicted octanol–water partition coefficient (Wildman–Crippen LogP) is 4.42. The minimum absolute atomic E-state index is 0.367. The lowest BCUT2D eigenvalue weighted by atomic mass is 9.96. The van der Waals surface area contributed by atoms with Gasteiger partial charge in [-0.1, -0.05) is 18.2 Å². The third kappa shape index (κ3) is 2.45. The number of hydrogen-bond acceptors (Lipinski definition) is 2. The van der Waals surface area contributed by atoms with Crippen molar-refractivity contribution in [2.24, 2.45) is 0 Å². The van der Waals surface area contributed by atoms with Gasteiger partial charge in [0.1, 0.15) is 0 Å². The zero-order valence-electron chi connectivity index (χ0n) is 12.7. The molecule has 0 saturated carbocycles. The first-order chi connectivity index (χ1) is 10.3. The highest BCUT2D eigenvalue weighted by atomic mass is 32.1. The van der Waals surface area contributed by atoms with Gasteiger partial charge in [-0.25, -0.2) is 0 Å². The molecule has 0 fully saturated rings. The summed E-state index contributed by atoms with van der Waals surface area (Å²) in [4.78, 5) is 3.14. The van der Waals surface area contributed by atoms with Crippen molar-refractivity contribution in [3.8, 4) is 0 Å². The van der Waals surface area contributed by atoms with Crippen molar-refractivity contribution < 1.29 is 0 Å².